The summed E-state index contributed by atoms with van der Waals surface area (Å²) in [6.07, 6.45) is 1.37. The molecule has 1 heterocycles. The van der Waals surface area contributed by atoms with E-state index in [1.54, 1.807) is 19.1 Å². The maximum atomic E-state index is 12.1. The fraction of sp³-hybridized carbons (Fsp3) is 0.182. The fourth-order valence-corrected chi connectivity index (χ4v) is 3.98. The molecule has 2 rings (SSSR count). The smallest absolute Gasteiger partial charge is 0.273 e. The summed E-state index contributed by atoms with van der Waals surface area (Å²) < 4.78 is 27.9. The molecule has 0 bridgehead atoms. The van der Waals surface area contributed by atoms with Crippen LogP contribution in [0.1, 0.15) is 10.6 Å². The van der Waals surface area contributed by atoms with Crippen LogP contribution in [0.2, 0.25) is 0 Å². The molecule has 2 aromatic rings. The fourth-order valence-electron chi connectivity index (χ4n) is 1.38. The van der Waals surface area contributed by atoms with E-state index in [2.05, 4.69) is 25.6 Å². The maximum Gasteiger partial charge on any atom is 0.273 e. The number of nitrogens with zero attached hydrogens (tertiary/aromatic N) is 1. The van der Waals surface area contributed by atoms with Crippen molar-refractivity contribution in [3.8, 4) is 0 Å². The Hall–Kier alpha value is -0.920. The van der Waals surface area contributed by atoms with Gasteiger partial charge in [0.2, 0.25) is 0 Å². The minimum absolute atomic E-state index is 0.222. The van der Waals surface area contributed by atoms with Crippen molar-refractivity contribution in [2.24, 2.45) is 0 Å². The number of halogens is 1. The number of sulfonamides is 1. The van der Waals surface area contributed by atoms with Crippen molar-refractivity contribution in [1.82, 2.24) is 4.98 Å². The highest BCUT2D eigenvalue weighted by Gasteiger charge is 2.18. The van der Waals surface area contributed by atoms with Gasteiger partial charge in [-0.15, -0.1) is 11.3 Å². The Morgan fingerprint density at radius 2 is 2.06 bits per heavy atom. The lowest BCUT2D eigenvalue weighted by Crippen LogP contribution is -2.12. The summed E-state index contributed by atoms with van der Waals surface area (Å²) >= 11 is 4.52. The number of aryl methyl sites for hydroxylation is 1. The van der Waals surface area contributed by atoms with Crippen LogP contribution in [-0.4, -0.2) is 13.4 Å². The molecule has 1 aromatic heterocycles. The van der Waals surface area contributed by atoms with Crippen LogP contribution in [-0.2, 0) is 10.0 Å². The lowest BCUT2D eigenvalue weighted by molar-refractivity contribution is 0.603. The third kappa shape index (κ3) is 2.73. The van der Waals surface area contributed by atoms with E-state index in [9.17, 15) is 8.42 Å². The number of benzene rings is 1. The molecule has 0 aliphatic heterocycles. The van der Waals surface area contributed by atoms with Crippen LogP contribution in [0.5, 0.6) is 0 Å². The molecule has 0 aliphatic carbocycles. The van der Waals surface area contributed by atoms with Crippen molar-refractivity contribution < 1.29 is 8.42 Å². The van der Waals surface area contributed by atoms with Crippen LogP contribution in [0.25, 0.3) is 0 Å². The molecule has 18 heavy (non-hydrogen) atoms. The summed E-state index contributed by atoms with van der Waals surface area (Å²) in [5.74, 6) is 0. The van der Waals surface area contributed by atoms with E-state index in [1.165, 1.54) is 6.20 Å². The molecule has 0 saturated carbocycles. The van der Waals surface area contributed by atoms with Crippen LogP contribution in [0.3, 0.4) is 0 Å². The molecular formula is C11H11BrN2O2S2. The maximum absolute atomic E-state index is 12.1. The predicted octanol–water partition coefficient (Wildman–Crippen LogP) is 3.32. The molecule has 0 spiro atoms. The Morgan fingerprint density at radius 1 is 1.33 bits per heavy atom. The molecule has 0 amide bonds. The first-order valence-electron chi connectivity index (χ1n) is 5.10. The topological polar surface area (TPSA) is 59.1 Å². The van der Waals surface area contributed by atoms with Crippen LogP contribution in [0, 0.1) is 13.8 Å². The van der Waals surface area contributed by atoms with Gasteiger partial charge in [-0.3, -0.25) is 4.72 Å². The molecule has 0 unspecified atom stereocenters. The molecule has 0 aliphatic rings. The van der Waals surface area contributed by atoms with Crippen molar-refractivity contribution in [3.05, 3.63) is 39.4 Å². The monoisotopic (exact) mass is 346 g/mol. The van der Waals surface area contributed by atoms with Gasteiger partial charge in [-0.1, -0.05) is 22.0 Å². The molecule has 0 atom stereocenters. The second-order valence-electron chi connectivity index (χ2n) is 3.72. The highest BCUT2D eigenvalue weighted by molar-refractivity contribution is 9.10. The molecule has 0 fully saturated rings. The molecule has 7 heteroatoms. The Morgan fingerprint density at radius 3 is 2.67 bits per heavy atom. The average molecular weight is 347 g/mol. The van der Waals surface area contributed by atoms with Gasteiger partial charge in [0.25, 0.3) is 10.0 Å². The lowest BCUT2D eigenvalue weighted by Gasteiger charge is -2.09. The zero-order valence-corrected chi connectivity index (χ0v) is 13.0. The van der Waals surface area contributed by atoms with Gasteiger partial charge in [-0.2, -0.15) is 0 Å². The van der Waals surface area contributed by atoms with E-state index >= 15 is 0 Å². The second-order valence-corrected chi connectivity index (χ2v) is 7.71. The summed E-state index contributed by atoms with van der Waals surface area (Å²) in [4.78, 5) is 3.95. The van der Waals surface area contributed by atoms with E-state index in [4.69, 9.17) is 0 Å². The number of thiazole rings is 1. The Bertz CT molecular complexity index is 680. The summed E-state index contributed by atoms with van der Waals surface area (Å²) in [7, 11) is -3.55. The van der Waals surface area contributed by atoms with E-state index in [1.807, 2.05) is 13.0 Å². The summed E-state index contributed by atoms with van der Waals surface area (Å²) in [5.41, 5.74) is 1.41. The van der Waals surface area contributed by atoms with Gasteiger partial charge in [-0.05, 0) is 31.5 Å². The molecule has 1 aromatic carbocycles. The van der Waals surface area contributed by atoms with Crippen molar-refractivity contribution >= 4 is 43.0 Å². The number of hydrogen-bond donors (Lipinski definition) is 1. The molecule has 1 N–H and O–H groups in total. The average Bonchev–Trinajstić information content (AvgIpc) is 2.72. The third-order valence-electron chi connectivity index (χ3n) is 2.38. The summed E-state index contributed by atoms with van der Waals surface area (Å²) in [5, 5.41) is 0.723. The zero-order valence-electron chi connectivity index (χ0n) is 9.77. The normalized spacial score (nSPS) is 11.5. The molecule has 0 radical (unpaired) electrons. The van der Waals surface area contributed by atoms with Gasteiger partial charge in [0, 0.05) is 4.47 Å². The van der Waals surface area contributed by atoms with Crippen LogP contribution < -0.4 is 4.72 Å². The first-order chi connectivity index (χ1) is 8.40. The number of rotatable bonds is 3. The van der Waals surface area contributed by atoms with Gasteiger partial charge in [0.05, 0.1) is 16.9 Å². The highest BCUT2D eigenvalue weighted by atomic mass is 79.9. The lowest BCUT2D eigenvalue weighted by atomic mass is 10.2. The molecule has 96 valence electrons. The van der Waals surface area contributed by atoms with Crippen molar-refractivity contribution in [3.63, 3.8) is 0 Å². The van der Waals surface area contributed by atoms with Crippen molar-refractivity contribution in [2.45, 2.75) is 18.1 Å². The van der Waals surface area contributed by atoms with Gasteiger partial charge >= 0.3 is 0 Å². The molecule has 0 saturated heterocycles. The third-order valence-corrected chi connectivity index (χ3v) is 5.98. The minimum atomic E-state index is -3.55. The first kappa shape index (κ1) is 13.5. The highest BCUT2D eigenvalue weighted by Crippen LogP contribution is 2.27. The summed E-state index contributed by atoms with van der Waals surface area (Å²) in [6, 6.07) is 5.38. The standard InChI is InChI=1S/C11H11BrN2O2S2/c1-7-9(12)4-3-5-10(7)14-18(15,16)11-6-13-8(2)17-11/h3-6,14H,1-2H3. The quantitative estimate of drug-likeness (QED) is 0.927. The van der Waals surface area contributed by atoms with Gasteiger partial charge in [0.15, 0.2) is 4.21 Å². The number of hydrogen-bond acceptors (Lipinski definition) is 4. The van der Waals surface area contributed by atoms with E-state index in [0.717, 1.165) is 26.4 Å². The minimum Gasteiger partial charge on any atom is -0.279 e. The Balaban J connectivity index is 2.37. The Kier molecular flexibility index (Phi) is 3.74. The molecular weight excluding hydrogens is 336 g/mol. The first-order valence-corrected chi connectivity index (χ1v) is 8.20. The van der Waals surface area contributed by atoms with Crippen LogP contribution >= 0.6 is 27.3 Å². The second kappa shape index (κ2) is 4.99. The van der Waals surface area contributed by atoms with E-state index in [-0.39, 0.29) is 4.21 Å². The van der Waals surface area contributed by atoms with Crippen molar-refractivity contribution in [2.75, 3.05) is 4.72 Å². The molecule has 4 nitrogen and oxygen atoms in total. The zero-order chi connectivity index (χ0) is 13.3. The largest absolute Gasteiger partial charge is 0.279 e. The number of nitrogens with one attached hydrogen (secondary N) is 1. The summed E-state index contributed by atoms with van der Waals surface area (Å²) in [6.45, 7) is 3.62. The van der Waals surface area contributed by atoms with E-state index < -0.39 is 10.0 Å². The van der Waals surface area contributed by atoms with Gasteiger partial charge in [-0.25, -0.2) is 13.4 Å². The van der Waals surface area contributed by atoms with Gasteiger partial charge < -0.3 is 0 Å². The number of anilines is 1. The predicted molar refractivity (Wildman–Crippen MR) is 76.5 cm³/mol. The Labute approximate surface area is 118 Å². The van der Waals surface area contributed by atoms with Crippen molar-refractivity contribution in [1.29, 1.82) is 0 Å². The SMILES string of the molecule is Cc1ncc(S(=O)(=O)Nc2cccc(Br)c2C)s1. The number of aromatic nitrogens is 1. The van der Waals surface area contributed by atoms with Crippen LogP contribution in [0.4, 0.5) is 5.69 Å². The van der Waals surface area contributed by atoms with E-state index in [0.29, 0.717) is 5.69 Å². The van der Waals surface area contributed by atoms with Gasteiger partial charge in [0.1, 0.15) is 0 Å². The van der Waals surface area contributed by atoms with Crippen LogP contribution in [0.15, 0.2) is 33.1 Å².